The molecular formula is C17H23Cl2N. The van der Waals surface area contributed by atoms with Crippen molar-refractivity contribution in [1.82, 2.24) is 5.32 Å². The lowest BCUT2D eigenvalue weighted by molar-refractivity contribution is 0.108. The Labute approximate surface area is 132 Å². The van der Waals surface area contributed by atoms with Crippen LogP contribution in [0.2, 0.25) is 10.0 Å². The van der Waals surface area contributed by atoms with Crippen molar-refractivity contribution >= 4 is 23.2 Å². The Bertz CT molecular complexity index is 521. The highest BCUT2D eigenvalue weighted by atomic mass is 35.5. The number of fused-ring (bicyclic) bond motifs is 2. The Hall–Kier alpha value is -0.240. The number of hydrogen-bond donors (Lipinski definition) is 1. The number of benzene rings is 1. The van der Waals surface area contributed by atoms with E-state index in [1.54, 1.807) is 0 Å². The maximum absolute atomic E-state index is 6.29. The monoisotopic (exact) mass is 311 g/mol. The van der Waals surface area contributed by atoms with E-state index in [-0.39, 0.29) is 0 Å². The van der Waals surface area contributed by atoms with Gasteiger partial charge in [0.1, 0.15) is 0 Å². The van der Waals surface area contributed by atoms with Crippen LogP contribution in [-0.4, -0.2) is 6.04 Å². The predicted octanol–water partition coefficient (Wildman–Crippen LogP) is 5.30. The van der Waals surface area contributed by atoms with Crippen molar-refractivity contribution in [2.24, 2.45) is 16.7 Å². The minimum atomic E-state index is 0.373. The summed E-state index contributed by atoms with van der Waals surface area (Å²) in [6.45, 7) is 8.08. The van der Waals surface area contributed by atoms with Crippen LogP contribution in [0.5, 0.6) is 0 Å². The molecule has 0 aliphatic heterocycles. The molecule has 1 aromatic carbocycles. The molecule has 1 N–H and O–H groups in total. The molecule has 0 saturated heterocycles. The molecule has 1 nitrogen and oxygen atoms in total. The Morgan fingerprint density at radius 1 is 1.25 bits per heavy atom. The van der Waals surface area contributed by atoms with Gasteiger partial charge in [0.05, 0.1) is 10.0 Å². The molecular weight excluding hydrogens is 289 g/mol. The summed E-state index contributed by atoms with van der Waals surface area (Å²) in [6.07, 6.45) is 4.10. The van der Waals surface area contributed by atoms with E-state index in [0.29, 0.717) is 26.9 Å². The third-order valence-electron chi connectivity index (χ3n) is 5.80. The first-order chi connectivity index (χ1) is 9.34. The summed E-state index contributed by atoms with van der Waals surface area (Å²) in [5.74, 6) is 0.861. The third kappa shape index (κ3) is 2.19. The molecule has 1 aromatic rings. The third-order valence-corrected chi connectivity index (χ3v) is 6.66. The Balaban J connectivity index is 1.77. The van der Waals surface area contributed by atoms with Crippen LogP contribution >= 0.6 is 23.2 Å². The van der Waals surface area contributed by atoms with E-state index < -0.39 is 0 Å². The highest BCUT2D eigenvalue weighted by molar-refractivity contribution is 6.42. The first-order valence-corrected chi connectivity index (χ1v) is 8.26. The van der Waals surface area contributed by atoms with Crippen LogP contribution in [0, 0.1) is 16.7 Å². The van der Waals surface area contributed by atoms with Gasteiger partial charge in [-0.3, -0.25) is 0 Å². The van der Waals surface area contributed by atoms with Crippen molar-refractivity contribution in [3.05, 3.63) is 33.8 Å². The lowest BCUT2D eigenvalue weighted by Gasteiger charge is -2.43. The summed E-state index contributed by atoms with van der Waals surface area (Å²) in [6, 6.07) is 6.43. The van der Waals surface area contributed by atoms with Gasteiger partial charge >= 0.3 is 0 Å². The maximum Gasteiger partial charge on any atom is 0.0637 e. The van der Waals surface area contributed by atoms with Gasteiger partial charge in [-0.15, -0.1) is 0 Å². The number of rotatable bonds is 3. The van der Waals surface area contributed by atoms with E-state index in [2.05, 4.69) is 32.2 Å². The van der Waals surface area contributed by atoms with Crippen LogP contribution in [-0.2, 0) is 6.54 Å². The summed E-state index contributed by atoms with van der Waals surface area (Å²) in [5, 5.41) is 5.12. The van der Waals surface area contributed by atoms with Crippen molar-refractivity contribution in [3.63, 3.8) is 0 Å². The lowest BCUT2D eigenvalue weighted by Crippen LogP contribution is -2.49. The fraction of sp³-hybridized carbons (Fsp3) is 0.647. The van der Waals surface area contributed by atoms with Crippen molar-refractivity contribution in [2.45, 2.75) is 52.6 Å². The molecule has 0 aromatic heterocycles. The van der Waals surface area contributed by atoms with Gasteiger partial charge in [-0.2, -0.15) is 0 Å². The standard InChI is InChI=1S/C17H23Cl2N/c1-16(2)12-7-8-17(3,9-12)15(16)20-10-11-5-4-6-13(18)14(11)19/h4-6,12,15,20H,7-10H2,1-3H3. The van der Waals surface area contributed by atoms with Crippen LogP contribution in [0.4, 0.5) is 0 Å². The summed E-state index contributed by atoms with van der Waals surface area (Å²) < 4.78 is 0. The van der Waals surface area contributed by atoms with E-state index in [4.69, 9.17) is 23.2 Å². The van der Waals surface area contributed by atoms with Gasteiger partial charge < -0.3 is 5.32 Å². The SMILES string of the molecule is CC12CCC(C1)C(C)(C)C2NCc1cccc(Cl)c1Cl. The van der Waals surface area contributed by atoms with Gasteiger partial charge in [-0.1, -0.05) is 56.1 Å². The molecule has 3 unspecified atom stereocenters. The second kappa shape index (κ2) is 4.90. The normalized spacial score (nSPS) is 34.6. The highest BCUT2D eigenvalue weighted by Gasteiger charge is 2.58. The van der Waals surface area contributed by atoms with Gasteiger partial charge in [-0.25, -0.2) is 0 Å². The topological polar surface area (TPSA) is 12.0 Å². The first kappa shape index (κ1) is 14.7. The van der Waals surface area contributed by atoms with E-state index >= 15 is 0 Å². The zero-order valence-electron chi connectivity index (χ0n) is 12.5. The number of hydrogen-bond acceptors (Lipinski definition) is 1. The van der Waals surface area contributed by atoms with Crippen molar-refractivity contribution in [1.29, 1.82) is 0 Å². The molecule has 0 spiro atoms. The second-order valence-corrected chi connectivity index (χ2v) is 8.23. The van der Waals surface area contributed by atoms with E-state index in [0.717, 1.165) is 18.0 Å². The van der Waals surface area contributed by atoms with E-state index in [1.807, 2.05) is 12.1 Å². The minimum absolute atomic E-state index is 0.373. The van der Waals surface area contributed by atoms with Gasteiger partial charge in [0.15, 0.2) is 0 Å². The quantitative estimate of drug-likeness (QED) is 0.799. The Morgan fingerprint density at radius 2 is 2.00 bits per heavy atom. The van der Waals surface area contributed by atoms with Crippen LogP contribution < -0.4 is 5.32 Å². The molecule has 3 atom stereocenters. The summed E-state index contributed by atoms with van der Waals surface area (Å²) >= 11 is 12.4. The van der Waals surface area contributed by atoms with Gasteiger partial charge in [0.2, 0.25) is 0 Å². The molecule has 0 radical (unpaired) electrons. The van der Waals surface area contributed by atoms with Crippen molar-refractivity contribution < 1.29 is 0 Å². The molecule has 20 heavy (non-hydrogen) atoms. The summed E-state index contributed by atoms with van der Waals surface area (Å²) in [7, 11) is 0. The van der Waals surface area contributed by atoms with E-state index in [9.17, 15) is 0 Å². The zero-order valence-corrected chi connectivity index (χ0v) is 14.0. The predicted molar refractivity (Wildman–Crippen MR) is 86.3 cm³/mol. The minimum Gasteiger partial charge on any atom is -0.309 e. The fourth-order valence-corrected chi connectivity index (χ4v) is 5.10. The molecule has 2 bridgehead atoms. The molecule has 3 rings (SSSR count). The first-order valence-electron chi connectivity index (χ1n) is 7.51. The Morgan fingerprint density at radius 3 is 2.65 bits per heavy atom. The van der Waals surface area contributed by atoms with Crippen LogP contribution in [0.3, 0.4) is 0 Å². The van der Waals surface area contributed by atoms with Gasteiger partial charge in [-0.05, 0) is 47.6 Å². The van der Waals surface area contributed by atoms with Gasteiger partial charge in [0, 0.05) is 12.6 Å². The largest absolute Gasteiger partial charge is 0.309 e. The van der Waals surface area contributed by atoms with Crippen LogP contribution in [0.1, 0.15) is 45.6 Å². The van der Waals surface area contributed by atoms with Crippen LogP contribution in [0.25, 0.3) is 0 Å². The number of nitrogens with one attached hydrogen (secondary N) is 1. The zero-order chi connectivity index (χ0) is 14.5. The lowest BCUT2D eigenvalue weighted by atomic mass is 9.68. The molecule has 110 valence electrons. The Kier molecular flexibility index (Phi) is 3.60. The summed E-state index contributed by atoms with van der Waals surface area (Å²) in [4.78, 5) is 0. The molecule has 2 fully saturated rings. The summed E-state index contributed by atoms with van der Waals surface area (Å²) in [5.41, 5.74) is 1.92. The van der Waals surface area contributed by atoms with Crippen LogP contribution in [0.15, 0.2) is 18.2 Å². The van der Waals surface area contributed by atoms with Crippen molar-refractivity contribution in [3.8, 4) is 0 Å². The van der Waals surface area contributed by atoms with E-state index in [1.165, 1.54) is 19.3 Å². The fourth-order valence-electron chi connectivity index (χ4n) is 4.71. The molecule has 0 heterocycles. The molecule has 3 heteroatoms. The highest BCUT2D eigenvalue weighted by Crippen LogP contribution is 2.62. The number of halogens is 2. The molecule has 2 saturated carbocycles. The molecule has 0 amide bonds. The average molecular weight is 312 g/mol. The molecule has 2 aliphatic rings. The second-order valence-electron chi connectivity index (χ2n) is 7.44. The average Bonchev–Trinajstić information content (AvgIpc) is 2.85. The van der Waals surface area contributed by atoms with Crippen molar-refractivity contribution in [2.75, 3.05) is 0 Å². The smallest absolute Gasteiger partial charge is 0.0637 e. The van der Waals surface area contributed by atoms with Gasteiger partial charge in [0.25, 0.3) is 0 Å². The maximum atomic E-state index is 6.29. The molecule has 2 aliphatic carbocycles.